The molecule has 1 aromatic carbocycles. The Morgan fingerprint density at radius 1 is 1.25 bits per heavy atom. The second kappa shape index (κ2) is 6.56. The number of para-hydroxylation sites is 2. The van der Waals surface area contributed by atoms with Crippen molar-refractivity contribution in [2.45, 2.75) is 6.92 Å². The minimum atomic E-state index is -0.218. The molecule has 5 heteroatoms. The van der Waals surface area contributed by atoms with Crippen LogP contribution in [0.15, 0.2) is 42.6 Å². The molecule has 1 aromatic heterocycles. The van der Waals surface area contributed by atoms with E-state index in [1.165, 1.54) is 0 Å². The second-order valence-electron chi connectivity index (χ2n) is 4.12. The van der Waals surface area contributed by atoms with E-state index in [9.17, 15) is 4.79 Å². The fraction of sp³-hybridized carbons (Fsp3) is 0.200. The smallest absolute Gasteiger partial charge is 0.257 e. The van der Waals surface area contributed by atoms with Crippen molar-refractivity contribution < 1.29 is 9.53 Å². The third kappa shape index (κ3) is 3.26. The van der Waals surface area contributed by atoms with Gasteiger partial charge in [-0.15, -0.1) is 0 Å². The molecule has 0 aliphatic rings. The summed E-state index contributed by atoms with van der Waals surface area (Å²) >= 11 is 0. The molecule has 0 unspecified atom stereocenters. The lowest BCUT2D eigenvalue weighted by Crippen LogP contribution is -2.13. The van der Waals surface area contributed by atoms with Crippen molar-refractivity contribution in [1.29, 1.82) is 0 Å². The number of rotatable bonds is 5. The predicted molar refractivity (Wildman–Crippen MR) is 79.3 cm³/mol. The van der Waals surface area contributed by atoms with Gasteiger partial charge in [-0.1, -0.05) is 12.1 Å². The number of amides is 1. The fourth-order valence-corrected chi connectivity index (χ4v) is 1.76. The number of nitrogens with zero attached hydrogens (tertiary/aromatic N) is 1. The zero-order chi connectivity index (χ0) is 14.4. The average molecular weight is 271 g/mol. The molecule has 0 atom stereocenters. The Labute approximate surface area is 118 Å². The van der Waals surface area contributed by atoms with Crippen LogP contribution in [0, 0.1) is 0 Å². The number of carbonyl (C=O) groups excluding carboxylic acids is 1. The van der Waals surface area contributed by atoms with E-state index >= 15 is 0 Å². The number of hydrogen-bond acceptors (Lipinski definition) is 4. The number of nitrogens with one attached hydrogen (secondary N) is 2. The van der Waals surface area contributed by atoms with Crippen molar-refractivity contribution in [2.75, 3.05) is 24.3 Å². The molecule has 0 spiro atoms. The molecule has 104 valence electrons. The van der Waals surface area contributed by atoms with Crippen molar-refractivity contribution in [3.05, 3.63) is 48.2 Å². The number of hydrogen-bond donors (Lipinski definition) is 2. The maximum Gasteiger partial charge on any atom is 0.257 e. The van der Waals surface area contributed by atoms with Gasteiger partial charge in [0.05, 0.1) is 18.4 Å². The van der Waals surface area contributed by atoms with E-state index in [-0.39, 0.29) is 5.91 Å². The Morgan fingerprint density at radius 2 is 2.05 bits per heavy atom. The van der Waals surface area contributed by atoms with E-state index in [0.717, 1.165) is 12.4 Å². The molecule has 0 fully saturated rings. The highest BCUT2D eigenvalue weighted by atomic mass is 16.5. The monoisotopic (exact) mass is 271 g/mol. The Hall–Kier alpha value is -2.56. The van der Waals surface area contributed by atoms with Crippen molar-refractivity contribution in [3.8, 4) is 5.75 Å². The van der Waals surface area contributed by atoms with Crippen LogP contribution in [0.4, 0.5) is 11.5 Å². The third-order valence-corrected chi connectivity index (χ3v) is 2.74. The van der Waals surface area contributed by atoms with Crippen LogP contribution in [0.1, 0.15) is 17.3 Å². The standard InChI is InChI=1S/C15H17N3O2/c1-3-16-14-9-8-11(10-17-14)15(19)18-12-6-4-5-7-13(12)20-2/h4-10H,3H2,1-2H3,(H,16,17)(H,18,19). The van der Waals surface area contributed by atoms with E-state index in [1.54, 1.807) is 37.6 Å². The van der Waals surface area contributed by atoms with Gasteiger partial charge in [0.1, 0.15) is 11.6 Å². The summed E-state index contributed by atoms with van der Waals surface area (Å²) in [7, 11) is 1.57. The topological polar surface area (TPSA) is 63.2 Å². The first-order valence-electron chi connectivity index (χ1n) is 6.39. The van der Waals surface area contributed by atoms with Gasteiger partial charge in [-0.2, -0.15) is 0 Å². The number of methoxy groups -OCH3 is 1. The molecule has 0 aliphatic heterocycles. The van der Waals surface area contributed by atoms with Crippen LogP contribution in [0.3, 0.4) is 0 Å². The summed E-state index contributed by atoms with van der Waals surface area (Å²) in [4.78, 5) is 16.3. The second-order valence-corrected chi connectivity index (χ2v) is 4.12. The van der Waals surface area contributed by atoms with Gasteiger partial charge in [-0.05, 0) is 31.2 Å². The number of aromatic nitrogens is 1. The summed E-state index contributed by atoms with van der Waals surface area (Å²) in [5, 5.41) is 5.88. The van der Waals surface area contributed by atoms with Crippen molar-refractivity contribution >= 4 is 17.4 Å². The van der Waals surface area contributed by atoms with Crippen molar-refractivity contribution in [2.24, 2.45) is 0 Å². The number of ether oxygens (including phenoxy) is 1. The minimum absolute atomic E-state index is 0.218. The SMILES string of the molecule is CCNc1ccc(C(=O)Nc2ccccc2OC)cn1. The van der Waals surface area contributed by atoms with Gasteiger partial charge in [0.25, 0.3) is 5.91 Å². The van der Waals surface area contributed by atoms with Crippen LogP contribution in [0.2, 0.25) is 0 Å². The Kier molecular flexibility index (Phi) is 4.55. The number of pyridine rings is 1. The lowest BCUT2D eigenvalue weighted by atomic mass is 10.2. The highest BCUT2D eigenvalue weighted by Crippen LogP contribution is 2.23. The molecule has 2 aromatic rings. The molecule has 1 amide bonds. The molecule has 0 saturated carbocycles. The first-order valence-corrected chi connectivity index (χ1v) is 6.39. The molecule has 0 saturated heterocycles. The largest absolute Gasteiger partial charge is 0.495 e. The number of anilines is 2. The van der Waals surface area contributed by atoms with Crippen LogP contribution in [-0.2, 0) is 0 Å². The van der Waals surface area contributed by atoms with Gasteiger partial charge in [0.2, 0.25) is 0 Å². The van der Waals surface area contributed by atoms with Gasteiger partial charge in [-0.3, -0.25) is 4.79 Å². The van der Waals surface area contributed by atoms with Crippen LogP contribution in [0.5, 0.6) is 5.75 Å². The third-order valence-electron chi connectivity index (χ3n) is 2.74. The molecule has 0 aliphatic carbocycles. The number of benzene rings is 1. The first kappa shape index (κ1) is 13.9. The molecule has 0 bridgehead atoms. The average Bonchev–Trinajstić information content (AvgIpc) is 2.49. The number of carbonyl (C=O) groups is 1. The summed E-state index contributed by atoms with van der Waals surface area (Å²) in [5.41, 5.74) is 1.13. The Morgan fingerprint density at radius 3 is 2.70 bits per heavy atom. The van der Waals surface area contributed by atoms with Crippen LogP contribution in [0.25, 0.3) is 0 Å². The Bertz CT molecular complexity index is 582. The van der Waals surface area contributed by atoms with Gasteiger partial charge in [-0.25, -0.2) is 4.98 Å². The van der Waals surface area contributed by atoms with Gasteiger partial charge < -0.3 is 15.4 Å². The highest BCUT2D eigenvalue weighted by Gasteiger charge is 2.09. The van der Waals surface area contributed by atoms with E-state index in [0.29, 0.717) is 17.0 Å². The van der Waals surface area contributed by atoms with E-state index < -0.39 is 0 Å². The fourth-order valence-electron chi connectivity index (χ4n) is 1.76. The van der Waals surface area contributed by atoms with E-state index in [4.69, 9.17) is 4.74 Å². The van der Waals surface area contributed by atoms with Crippen LogP contribution in [-0.4, -0.2) is 24.5 Å². The minimum Gasteiger partial charge on any atom is -0.495 e. The van der Waals surface area contributed by atoms with Crippen LogP contribution >= 0.6 is 0 Å². The van der Waals surface area contributed by atoms with E-state index in [2.05, 4.69) is 15.6 Å². The summed E-state index contributed by atoms with van der Waals surface area (Å²) in [6.45, 7) is 2.78. The molecule has 1 heterocycles. The summed E-state index contributed by atoms with van der Waals surface area (Å²) in [6.07, 6.45) is 1.54. The molecule has 20 heavy (non-hydrogen) atoms. The van der Waals surface area contributed by atoms with Crippen LogP contribution < -0.4 is 15.4 Å². The van der Waals surface area contributed by atoms with Crippen molar-refractivity contribution in [3.63, 3.8) is 0 Å². The lowest BCUT2D eigenvalue weighted by molar-refractivity contribution is 0.102. The maximum atomic E-state index is 12.1. The predicted octanol–water partition coefficient (Wildman–Crippen LogP) is 2.77. The molecule has 2 N–H and O–H groups in total. The van der Waals surface area contributed by atoms with Gasteiger partial charge in [0.15, 0.2) is 0 Å². The van der Waals surface area contributed by atoms with Gasteiger partial charge in [0, 0.05) is 12.7 Å². The normalized spacial score (nSPS) is 9.90. The lowest BCUT2D eigenvalue weighted by Gasteiger charge is -2.10. The summed E-state index contributed by atoms with van der Waals surface area (Å²) in [5.74, 6) is 1.16. The molecule has 5 nitrogen and oxygen atoms in total. The highest BCUT2D eigenvalue weighted by molar-refractivity contribution is 6.04. The zero-order valence-electron chi connectivity index (χ0n) is 11.5. The van der Waals surface area contributed by atoms with Gasteiger partial charge >= 0.3 is 0 Å². The Balaban J connectivity index is 2.11. The molecule has 0 radical (unpaired) electrons. The van der Waals surface area contributed by atoms with E-state index in [1.807, 2.05) is 19.1 Å². The zero-order valence-corrected chi connectivity index (χ0v) is 11.5. The maximum absolute atomic E-state index is 12.1. The molecular formula is C15H17N3O2. The van der Waals surface area contributed by atoms with Crippen molar-refractivity contribution in [1.82, 2.24) is 4.98 Å². The quantitative estimate of drug-likeness (QED) is 0.877. The summed E-state index contributed by atoms with van der Waals surface area (Å²) < 4.78 is 5.19. The molecular weight excluding hydrogens is 254 g/mol. The first-order chi connectivity index (χ1) is 9.74. The molecule has 2 rings (SSSR count). The summed E-state index contributed by atoms with van der Waals surface area (Å²) in [6, 6.07) is 10.8.